The normalized spacial score (nSPS) is 10.3. The Morgan fingerprint density at radius 1 is 0.750 bits per heavy atom. The van der Waals surface area contributed by atoms with E-state index < -0.39 is 0 Å². The van der Waals surface area contributed by atoms with Crippen molar-refractivity contribution in [2.75, 3.05) is 14.2 Å². The third-order valence-electron chi connectivity index (χ3n) is 3.60. The first kappa shape index (κ1) is 18.4. The van der Waals surface area contributed by atoms with Crippen molar-refractivity contribution >= 4 is 33.5 Å². The highest BCUT2D eigenvalue weighted by atomic mass is 33.1. The summed E-state index contributed by atoms with van der Waals surface area (Å²) in [4.78, 5) is 25.5. The molecule has 2 rings (SSSR count). The van der Waals surface area contributed by atoms with E-state index in [1.807, 2.05) is 38.1 Å². The van der Waals surface area contributed by atoms with Crippen LogP contribution in [0.1, 0.15) is 31.8 Å². The second-order valence-corrected chi connectivity index (χ2v) is 7.22. The number of carbonyl (C=O) groups is 2. The van der Waals surface area contributed by atoms with Crippen LogP contribution in [0.2, 0.25) is 0 Å². The van der Waals surface area contributed by atoms with Crippen molar-refractivity contribution in [2.24, 2.45) is 0 Å². The largest absolute Gasteiger partial charge is 0.465 e. The van der Waals surface area contributed by atoms with Crippen LogP contribution in [0.25, 0.3) is 0 Å². The Balaban J connectivity index is 2.23. The van der Waals surface area contributed by atoms with Gasteiger partial charge in [-0.3, -0.25) is 0 Å². The number of esters is 2. The Labute approximate surface area is 149 Å². The first-order chi connectivity index (χ1) is 11.5. The molecule has 24 heavy (non-hydrogen) atoms. The van der Waals surface area contributed by atoms with Gasteiger partial charge in [0.15, 0.2) is 0 Å². The molecule has 0 radical (unpaired) electrons. The third kappa shape index (κ3) is 3.94. The van der Waals surface area contributed by atoms with E-state index in [-0.39, 0.29) is 11.9 Å². The second kappa shape index (κ2) is 8.26. The molecule has 0 N–H and O–H groups in total. The second-order valence-electron chi connectivity index (χ2n) is 5.01. The molecular weight excluding hydrogens is 344 g/mol. The maximum absolute atomic E-state index is 11.8. The van der Waals surface area contributed by atoms with E-state index in [1.165, 1.54) is 14.2 Å². The van der Waals surface area contributed by atoms with Gasteiger partial charge in [0.25, 0.3) is 0 Å². The van der Waals surface area contributed by atoms with Crippen LogP contribution in [0.5, 0.6) is 0 Å². The van der Waals surface area contributed by atoms with E-state index in [2.05, 4.69) is 0 Å². The van der Waals surface area contributed by atoms with Crippen LogP contribution >= 0.6 is 21.6 Å². The molecule has 0 heterocycles. The van der Waals surface area contributed by atoms with E-state index in [1.54, 1.807) is 33.7 Å². The molecule has 0 spiro atoms. The number of carbonyl (C=O) groups excluding carboxylic acids is 2. The fourth-order valence-electron chi connectivity index (χ4n) is 2.16. The quantitative estimate of drug-likeness (QED) is 0.569. The van der Waals surface area contributed by atoms with E-state index >= 15 is 0 Å². The molecule has 2 aromatic rings. The standard InChI is InChI=1S/C18H18O4S2/c1-11-13(17(19)21-3)7-5-9-15(11)23-24-16-10-6-8-14(12(16)2)18(20)22-4/h5-10H,1-4H3. The van der Waals surface area contributed by atoms with E-state index in [0.717, 1.165) is 20.9 Å². The minimum Gasteiger partial charge on any atom is -0.465 e. The van der Waals surface area contributed by atoms with Gasteiger partial charge in [0.2, 0.25) is 0 Å². The van der Waals surface area contributed by atoms with Crippen LogP contribution in [0.4, 0.5) is 0 Å². The van der Waals surface area contributed by atoms with Crippen LogP contribution < -0.4 is 0 Å². The molecule has 0 aromatic heterocycles. The Hall–Kier alpha value is -1.92. The highest BCUT2D eigenvalue weighted by molar-refractivity contribution is 8.76. The lowest BCUT2D eigenvalue weighted by atomic mass is 10.1. The van der Waals surface area contributed by atoms with Gasteiger partial charge in [-0.05, 0) is 49.2 Å². The van der Waals surface area contributed by atoms with Gasteiger partial charge in [0.1, 0.15) is 0 Å². The molecular formula is C18H18O4S2. The highest BCUT2D eigenvalue weighted by Crippen LogP contribution is 2.41. The number of ether oxygens (including phenoxy) is 2. The monoisotopic (exact) mass is 362 g/mol. The molecule has 0 aliphatic rings. The zero-order valence-corrected chi connectivity index (χ0v) is 15.5. The molecule has 0 fully saturated rings. The van der Waals surface area contributed by atoms with Crippen molar-refractivity contribution in [3.05, 3.63) is 58.7 Å². The molecule has 0 unspecified atom stereocenters. The van der Waals surface area contributed by atoms with Gasteiger partial charge in [0.05, 0.1) is 25.3 Å². The maximum atomic E-state index is 11.8. The number of methoxy groups -OCH3 is 2. The van der Waals surface area contributed by atoms with Crippen molar-refractivity contribution in [1.82, 2.24) is 0 Å². The SMILES string of the molecule is COC(=O)c1cccc(SSc2cccc(C(=O)OC)c2C)c1C. The third-order valence-corrected chi connectivity index (χ3v) is 6.25. The predicted molar refractivity (Wildman–Crippen MR) is 96.8 cm³/mol. The first-order valence-corrected chi connectivity index (χ1v) is 9.35. The van der Waals surface area contributed by atoms with Crippen LogP contribution in [-0.4, -0.2) is 26.2 Å². The minimum atomic E-state index is -0.344. The fourth-order valence-corrected chi connectivity index (χ4v) is 4.70. The average Bonchev–Trinajstić information content (AvgIpc) is 2.60. The molecule has 0 saturated heterocycles. The molecule has 0 atom stereocenters. The summed E-state index contributed by atoms with van der Waals surface area (Å²) in [6.07, 6.45) is 0. The van der Waals surface area contributed by atoms with Crippen LogP contribution in [0, 0.1) is 13.8 Å². The summed E-state index contributed by atoms with van der Waals surface area (Å²) >= 11 is 0. The lowest BCUT2D eigenvalue weighted by Gasteiger charge is -2.11. The molecule has 0 saturated carbocycles. The molecule has 126 valence electrons. The van der Waals surface area contributed by atoms with Gasteiger partial charge in [-0.15, -0.1) is 0 Å². The summed E-state index contributed by atoms with van der Waals surface area (Å²) in [6.45, 7) is 3.79. The molecule has 2 aromatic carbocycles. The molecule has 6 heteroatoms. The van der Waals surface area contributed by atoms with Crippen molar-refractivity contribution in [1.29, 1.82) is 0 Å². The Kier molecular flexibility index (Phi) is 6.34. The molecule has 0 bridgehead atoms. The number of hydrogen-bond acceptors (Lipinski definition) is 6. The van der Waals surface area contributed by atoms with Crippen LogP contribution in [0.15, 0.2) is 46.2 Å². The van der Waals surface area contributed by atoms with Gasteiger partial charge < -0.3 is 9.47 Å². The zero-order valence-electron chi connectivity index (χ0n) is 13.9. The van der Waals surface area contributed by atoms with E-state index in [0.29, 0.717) is 11.1 Å². The summed E-state index contributed by atoms with van der Waals surface area (Å²) in [5, 5.41) is 0. The van der Waals surface area contributed by atoms with Crippen LogP contribution in [0.3, 0.4) is 0 Å². The summed E-state index contributed by atoms with van der Waals surface area (Å²) in [6, 6.07) is 11.1. The van der Waals surface area contributed by atoms with Crippen molar-refractivity contribution < 1.29 is 19.1 Å². The molecule has 4 nitrogen and oxygen atoms in total. The summed E-state index contributed by atoms with van der Waals surface area (Å²) in [5.74, 6) is -0.687. The number of rotatable bonds is 5. The maximum Gasteiger partial charge on any atom is 0.338 e. The molecule has 0 aliphatic heterocycles. The Bertz CT molecular complexity index is 706. The van der Waals surface area contributed by atoms with Gasteiger partial charge in [-0.2, -0.15) is 0 Å². The van der Waals surface area contributed by atoms with Crippen molar-refractivity contribution in [2.45, 2.75) is 23.6 Å². The smallest absolute Gasteiger partial charge is 0.338 e. The lowest BCUT2D eigenvalue weighted by Crippen LogP contribution is -2.04. The minimum absolute atomic E-state index is 0.344. The first-order valence-electron chi connectivity index (χ1n) is 7.20. The van der Waals surface area contributed by atoms with Gasteiger partial charge in [0, 0.05) is 9.79 Å². The molecule has 0 aliphatic carbocycles. The summed E-state index contributed by atoms with van der Waals surface area (Å²) in [7, 11) is 5.83. The van der Waals surface area contributed by atoms with Gasteiger partial charge >= 0.3 is 11.9 Å². The average molecular weight is 362 g/mol. The predicted octanol–water partition coefficient (Wildman–Crippen LogP) is 4.68. The topological polar surface area (TPSA) is 52.6 Å². The van der Waals surface area contributed by atoms with Gasteiger partial charge in [-0.25, -0.2) is 9.59 Å². The van der Waals surface area contributed by atoms with E-state index in [4.69, 9.17) is 9.47 Å². The zero-order chi connectivity index (χ0) is 17.7. The van der Waals surface area contributed by atoms with E-state index in [9.17, 15) is 9.59 Å². The van der Waals surface area contributed by atoms with Crippen molar-refractivity contribution in [3.63, 3.8) is 0 Å². The summed E-state index contributed by atoms with van der Waals surface area (Å²) in [5.41, 5.74) is 2.87. The Morgan fingerprint density at radius 2 is 1.12 bits per heavy atom. The fraction of sp³-hybridized carbons (Fsp3) is 0.222. The summed E-state index contributed by atoms with van der Waals surface area (Å²) < 4.78 is 9.60. The number of hydrogen-bond donors (Lipinski definition) is 0. The number of benzene rings is 2. The Morgan fingerprint density at radius 3 is 1.46 bits per heavy atom. The highest BCUT2D eigenvalue weighted by Gasteiger charge is 2.15. The lowest BCUT2D eigenvalue weighted by molar-refractivity contribution is 0.0590. The molecule has 0 amide bonds. The van der Waals surface area contributed by atoms with Crippen molar-refractivity contribution in [3.8, 4) is 0 Å². The van der Waals surface area contributed by atoms with Gasteiger partial charge in [-0.1, -0.05) is 33.7 Å². The van der Waals surface area contributed by atoms with Crippen LogP contribution in [-0.2, 0) is 9.47 Å².